The molecule has 2 amide bonds. The van der Waals surface area contributed by atoms with E-state index in [1.165, 1.54) is 30.0 Å². The summed E-state index contributed by atoms with van der Waals surface area (Å²) >= 11 is 7.19. The molecule has 0 atom stereocenters. The van der Waals surface area contributed by atoms with Crippen LogP contribution in [0, 0.1) is 5.82 Å². The van der Waals surface area contributed by atoms with Crippen molar-refractivity contribution in [1.29, 1.82) is 0 Å². The van der Waals surface area contributed by atoms with Crippen LogP contribution in [0.4, 0.5) is 15.9 Å². The number of anilines is 2. The lowest BCUT2D eigenvalue weighted by Crippen LogP contribution is -2.15. The van der Waals surface area contributed by atoms with Gasteiger partial charge in [0.25, 0.3) is 5.91 Å². The van der Waals surface area contributed by atoms with Gasteiger partial charge in [-0.05, 0) is 42.5 Å². The highest BCUT2D eigenvalue weighted by molar-refractivity contribution is 7.99. The summed E-state index contributed by atoms with van der Waals surface area (Å²) in [6.07, 6.45) is 0. The number of carbonyl (C=O) groups is 2. The molecule has 3 aromatic rings. The summed E-state index contributed by atoms with van der Waals surface area (Å²) in [5.74, 6) is -0.883. The van der Waals surface area contributed by atoms with Crippen LogP contribution in [0.2, 0.25) is 5.02 Å². The lowest BCUT2D eigenvalue weighted by Gasteiger charge is -2.07. The van der Waals surface area contributed by atoms with E-state index in [0.717, 1.165) is 6.07 Å². The van der Waals surface area contributed by atoms with E-state index in [2.05, 4.69) is 20.8 Å². The first kappa shape index (κ1) is 19.8. The van der Waals surface area contributed by atoms with Crippen LogP contribution < -0.4 is 10.6 Å². The third-order valence-electron chi connectivity index (χ3n) is 3.47. The lowest BCUT2D eigenvalue weighted by atomic mass is 10.2. The topological polar surface area (TPSA) is 84.0 Å². The standard InChI is InChI=1S/C19H14ClFN4O2S/c20-14-6-1-2-7-15(14)22-17(26)11-28-18-9-8-16(24-25-18)23-19(27)12-4-3-5-13(21)10-12/h1-10H,11H2,(H,22,26)(H,23,24,27). The van der Waals surface area contributed by atoms with Crippen molar-refractivity contribution < 1.29 is 14.0 Å². The zero-order chi connectivity index (χ0) is 19.9. The monoisotopic (exact) mass is 416 g/mol. The van der Waals surface area contributed by atoms with E-state index in [0.29, 0.717) is 15.7 Å². The summed E-state index contributed by atoms with van der Waals surface area (Å²) in [6, 6.07) is 15.5. The molecule has 2 aromatic carbocycles. The average Bonchev–Trinajstić information content (AvgIpc) is 2.69. The summed E-state index contributed by atoms with van der Waals surface area (Å²) < 4.78 is 13.2. The predicted molar refractivity (Wildman–Crippen MR) is 107 cm³/mol. The summed E-state index contributed by atoms with van der Waals surface area (Å²) in [5.41, 5.74) is 0.716. The van der Waals surface area contributed by atoms with Gasteiger partial charge in [0.05, 0.1) is 16.5 Å². The lowest BCUT2D eigenvalue weighted by molar-refractivity contribution is -0.113. The number of nitrogens with one attached hydrogen (secondary N) is 2. The molecule has 0 fully saturated rings. The molecule has 0 saturated carbocycles. The number of aromatic nitrogens is 2. The van der Waals surface area contributed by atoms with E-state index in [4.69, 9.17) is 11.6 Å². The number of benzene rings is 2. The highest BCUT2D eigenvalue weighted by Crippen LogP contribution is 2.21. The van der Waals surface area contributed by atoms with Crippen molar-refractivity contribution in [2.24, 2.45) is 0 Å². The Balaban J connectivity index is 1.52. The molecule has 0 aliphatic carbocycles. The fraction of sp³-hybridized carbons (Fsp3) is 0.0526. The van der Waals surface area contributed by atoms with E-state index in [9.17, 15) is 14.0 Å². The van der Waals surface area contributed by atoms with E-state index < -0.39 is 11.7 Å². The summed E-state index contributed by atoms with van der Waals surface area (Å²) in [5, 5.41) is 14.1. The Labute approximate surface area is 169 Å². The zero-order valence-electron chi connectivity index (χ0n) is 14.4. The quantitative estimate of drug-likeness (QED) is 0.587. The van der Waals surface area contributed by atoms with Gasteiger partial charge >= 0.3 is 0 Å². The molecular formula is C19H14ClFN4O2S. The first-order chi connectivity index (χ1) is 13.5. The van der Waals surface area contributed by atoms with Crippen LogP contribution in [-0.4, -0.2) is 27.8 Å². The number of rotatable bonds is 6. The second kappa shape index (κ2) is 9.29. The number of hydrogen-bond donors (Lipinski definition) is 2. The molecule has 1 heterocycles. The smallest absolute Gasteiger partial charge is 0.256 e. The fourth-order valence-electron chi connectivity index (χ4n) is 2.17. The van der Waals surface area contributed by atoms with Gasteiger partial charge in [-0.15, -0.1) is 10.2 Å². The van der Waals surface area contributed by atoms with Gasteiger partial charge in [-0.25, -0.2) is 4.39 Å². The maximum absolute atomic E-state index is 13.2. The third-order valence-corrected chi connectivity index (χ3v) is 4.72. The Morgan fingerprint density at radius 2 is 1.82 bits per heavy atom. The molecule has 0 saturated heterocycles. The Morgan fingerprint density at radius 1 is 1.00 bits per heavy atom. The molecule has 28 heavy (non-hydrogen) atoms. The van der Waals surface area contributed by atoms with Crippen molar-refractivity contribution in [1.82, 2.24) is 10.2 Å². The molecule has 0 radical (unpaired) electrons. The Hall–Kier alpha value is -2.97. The first-order valence-corrected chi connectivity index (χ1v) is 9.45. The van der Waals surface area contributed by atoms with Gasteiger partial charge in [0.1, 0.15) is 10.8 Å². The van der Waals surface area contributed by atoms with Gasteiger partial charge in [-0.2, -0.15) is 0 Å². The van der Waals surface area contributed by atoms with Crippen molar-refractivity contribution in [3.8, 4) is 0 Å². The minimum Gasteiger partial charge on any atom is -0.324 e. The van der Waals surface area contributed by atoms with Crippen LogP contribution in [0.5, 0.6) is 0 Å². The third kappa shape index (κ3) is 5.51. The molecule has 6 nitrogen and oxygen atoms in total. The number of amides is 2. The van der Waals surface area contributed by atoms with Gasteiger partial charge in [0.15, 0.2) is 5.82 Å². The minimum absolute atomic E-state index is 0.120. The number of hydrogen-bond acceptors (Lipinski definition) is 5. The molecule has 0 bridgehead atoms. The van der Waals surface area contributed by atoms with Crippen molar-refractivity contribution >= 4 is 46.7 Å². The summed E-state index contributed by atoms with van der Waals surface area (Å²) in [4.78, 5) is 24.1. The molecule has 0 aliphatic heterocycles. The Bertz CT molecular complexity index is 1000. The van der Waals surface area contributed by atoms with E-state index in [1.54, 1.807) is 36.4 Å². The largest absolute Gasteiger partial charge is 0.324 e. The molecule has 3 rings (SSSR count). The van der Waals surface area contributed by atoms with Crippen LogP contribution in [0.3, 0.4) is 0 Å². The van der Waals surface area contributed by atoms with E-state index in [-0.39, 0.29) is 23.0 Å². The molecular weight excluding hydrogens is 403 g/mol. The average molecular weight is 417 g/mol. The predicted octanol–water partition coefficient (Wildman–Crippen LogP) is 4.25. The maximum atomic E-state index is 13.2. The SMILES string of the molecule is O=C(CSc1ccc(NC(=O)c2cccc(F)c2)nn1)Nc1ccccc1Cl. The molecule has 142 valence electrons. The summed E-state index contributed by atoms with van der Waals surface area (Å²) in [6.45, 7) is 0. The van der Waals surface area contributed by atoms with Crippen LogP contribution in [0.25, 0.3) is 0 Å². The normalized spacial score (nSPS) is 10.4. The van der Waals surface area contributed by atoms with Crippen LogP contribution in [-0.2, 0) is 4.79 Å². The number of nitrogens with zero attached hydrogens (tertiary/aromatic N) is 2. The van der Waals surface area contributed by atoms with Crippen LogP contribution in [0.1, 0.15) is 10.4 Å². The highest BCUT2D eigenvalue weighted by atomic mass is 35.5. The number of halogens is 2. The van der Waals surface area contributed by atoms with Gasteiger partial charge in [0, 0.05) is 5.56 Å². The number of para-hydroxylation sites is 1. The summed E-state index contributed by atoms with van der Waals surface area (Å²) in [7, 11) is 0. The van der Waals surface area contributed by atoms with Crippen LogP contribution in [0.15, 0.2) is 65.7 Å². The first-order valence-electron chi connectivity index (χ1n) is 8.09. The highest BCUT2D eigenvalue weighted by Gasteiger charge is 2.10. The molecule has 2 N–H and O–H groups in total. The van der Waals surface area contributed by atoms with Gasteiger partial charge in [-0.3, -0.25) is 9.59 Å². The van der Waals surface area contributed by atoms with E-state index >= 15 is 0 Å². The minimum atomic E-state index is -0.499. The Kier molecular flexibility index (Phi) is 6.57. The zero-order valence-corrected chi connectivity index (χ0v) is 15.9. The molecule has 0 unspecified atom stereocenters. The van der Waals surface area contributed by atoms with Gasteiger partial charge in [0.2, 0.25) is 5.91 Å². The number of thioether (sulfide) groups is 1. The van der Waals surface area contributed by atoms with Crippen molar-refractivity contribution in [3.63, 3.8) is 0 Å². The molecule has 0 spiro atoms. The van der Waals surface area contributed by atoms with Gasteiger partial charge in [-0.1, -0.05) is 41.6 Å². The number of carbonyl (C=O) groups excluding carboxylic acids is 2. The Morgan fingerprint density at radius 3 is 2.54 bits per heavy atom. The van der Waals surface area contributed by atoms with Gasteiger partial charge < -0.3 is 10.6 Å². The van der Waals surface area contributed by atoms with Crippen molar-refractivity contribution in [2.75, 3.05) is 16.4 Å². The van der Waals surface area contributed by atoms with Crippen molar-refractivity contribution in [3.05, 3.63) is 77.1 Å². The van der Waals surface area contributed by atoms with Crippen LogP contribution >= 0.6 is 23.4 Å². The fourth-order valence-corrected chi connectivity index (χ4v) is 2.97. The molecule has 9 heteroatoms. The van der Waals surface area contributed by atoms with E-state index in [1.807, 2.05) is 0 Å². The second-order valence-electron chi connectivity index (χ2n) is 5.54. The molecule has 1 aromatic heterocycles. The van der Waals surface area contributed by atoms with Crippen molar-refractivity contribution in [2.45, 2.75) is 5.03 Å². The molecule has 0 aliphatic rings. The maximum Gasteiger partial charge on any atom is 0.256 e. The second-order valence-corrected chi connectivity index (χ2v) is 6.94.